The molecule has 0 fully saturated rings. The molecule has 0 aromatic heterocycles. The van der Waals surface area contributed by atoms with E-state index in [4.69, 9.17) is 5.73 Å². The van der Waals surface area contributed by atoms with E-state index in [1.54, 1.807) is 11.9 Å². The van der Waals surface area contributed by atoms with Crippen LogP contribution in [0.25, 0.3) is 0 Å². The van der Waals surface area contributed by atoms with Crippen LogP contribution in [0, 0.1) is 0 Å². The molecule has 0 aliphatic carbocycles. The number of carbonyl (C=O) groups excluding carboxylic acids is 1. The van der Waals surface area contributed by atoms with E-state index >= 15 is 0 Å². The molecule has 78 valence electrons. The smallest absolute Gasteiger partial charge is 0.314 e. The second-order valence-corrected chi connectivity index (χ2v) is 3.53. The van der Waals surface area contributed by atoms with Gasteiger partial charge in [0.25, 0.3) is 0 Å². The molecule has 0 radical (unpaired) electrons. The highest BCUT2D eigenvalue weighted by Crippen LogP contribution is 2.05. The molecule has 0 aromatic rings. The Labute approximate surface area is 81.3 Å². The molecule has 3 heteroatoms. The van der Waals surface area contributed by atoms with Gasteiger partial charge in [0.05, 0.1) is 0 Å². The number of nitrogens with two attached hydrogens (primary N) is 1. The third kappa shape index (κ3) is 7.62. The highest BCUT2D eigenvalue weighted by Gasteiger charge is 2.00. The summed E-state index contributed by atoms with van der Waals surface area (Å²) in [4.78, 5) is 12.2. The molecule has 0 rings (SSSR count). The molecule has 0 atom stereocenters. The van der Waals surface area contributed by atoms with Crippen molar-refractivity contribution in [1.29, 1.82) is 0 Å². The molecule has 3 nitrogen and oxygen atoms in total. The first kappa shape index (κ1) is 12.3. The Kier molecular flexibility index (Phi) is 7.45. The molecular weight excluding hydrogens is 164 g/mol. The molecule has 2 amide bonds. The molecule has 0 saturated carbocycles. The molecular formula is C10H22N2O. The van der Waals surface area contributed by atoms with E-state index < -0.39 is 0 Å². The van der Waals surface area contributed by atoms with Gasteiger partial charge in [0.1, 0.15) is 0 Å². The van der Waals surface area contributed by atoms with Crippen molar-refractivity contribution in [3.63, 3.8) is 0 Å². The van der Waals surface area contributed by atoms with Crippen LogP contribution < -0.4 is 5.73 Å². The van der Waals surface area contributed by atoms with Gasteiger partial charge in [0.15, 0.2) is 0 Å². The van der Waals surface area contributed by atoms with E-state index in [1.165, 1.54) is 32.1 Å². The maximum atomic E-state index is 10.6. The van der Waals surface area contributed by atoms with Crippen molar-refractivity contribution in [3.05, 3.63) is 0 Å². The van der Waals surface area contributed by atoms with E-state index in [2.05, 4.69) is 6.92 Å². The Bertz CT molecular complexity index is 137. The summed E-state index contributed by atoms with van der Waals surface area (Å²) in [5.41, 5.74) is 5.09. The summed E-state index contributed by atoms with van der Waals surface area (Å²) in [5, 5.41) is 0. The number of hydrogen-bond donors (Lipinski definition) is 1. The zero-order valence-electron chi connectivity index (χ0n) is 8.88. The van der Waals surface area contributed by atoms with Crippen molar-refractivity contribution < 1.29 is 4.79 Å². The van der Waals surface area contributed by atoms with Gasteiger partial charge in [-0.05, 0) is 6.42 Å². The van der Waals surface area contributed by atoms with Crippen LogP contribution in [-0.4, -0.2) is 24.5 Å². The first-order chi connectivity index (χ1) is 6.18. The number of amides is 2. The number of carbonyl (C=O) groups is 1. The predicted molar refractivity (Wildman–Crippen MR) is 55.6 cm³/mol. The maximum Gasteiger partial charge on any atom is 0.314 e. The minimum absolute atomic E-state index is 0.325. The second-order valence-electron chi connectivity index (χ2n) is 3.53. The fourth-order valence-electron chi connectivity index (χ4n) is 1.24. The Hall–Kier alpha value is -0.730. The lowest BCUT2D eigenvalue weighted by atomic mass is 10.1. The summed E-state index contributed by atoms with van der Waals surface area (Å²) in [6.07, 6.45) is 7.48. The van der Waals surface area contributed by atoms with Crippen molar-refractivity contribution in [2.45, 2.75) is 45.4 Å². The molecule has 13 heavy (non-hydrogen) atoms. The standard InChI is InChI=1S/C10H22N2O/c1-3-4-5-6-7-8-9-12(2)10(11)13/h3-9H2,1-2H3,(H2,11,13). The third-order valence-electron chi connectivity index (χ3n) is 2.22. The first-order valence-electron chi connectivity index (χ1n) is 5.19. The molecule has 0 aliphatic rings. The van der Waals surface area contributed by atoms with E-state index in [-0.39, 0.29) is 6.03 Å². The first-order valence-corrected chi connectivity index (χ1v) is 5.19. The predicted octanol–water partition coefficient (Wildman–Crippen LogP) is 2.36. The van der Waals surface area contributed by atoms with Crippen LogP contribution in [0.3, 0.4) is 0 Å². The van der Waals surface area contributed by atoms with Crippen LogP contribution in [-0.2, 0) is 0 Å². The number of primary amides is 1. The van der Waals surface area contributed by atoms with Crippen LogP contribution in [0.2, 0.25) is 0 Å². The molecule has 0 aliphatic heterocycles. The Balaban J connectivity index is 3.11. The van der Waals surface area contributed by atoms with Gasteiger partial charge in [0, 0.05) is 13.6 Å². The number of urea groups is 1. The van der Waals surface area contributed by atoms with E-state index in [0.717, 1.165) is 13.0 Å². The van der Waals surface area contributed by atoms with Crippen LogP contribution in [0.4, 0.5) is 4.79 Å². The van der Waals surface area contributed by atoms with Gasteiger partial charge in [-0.2, -0.15) is 0 Å². The quantitative estimate of drug-likeness (QED) is 0.609. The average Bonchev–Trinajstić information content (AvgIpc) is 2.10. The molecule has 0 unspecified atom stereocenters. The molecule has 2 N–H and O–H groups in total. The van der Waals surface area contributed by atoms with E-state index in [1.807, 2.05) is 0 Å². The largest absolute Gasteiger partial charge is 0.351 e. The minimum atomic E-state index is -0.325. The second kappa shape index (κ2) is 7.90. The molecule has 0 aromatic carbocycles. The molecule has 0 bridgehead atoms. The Morgan fingerprint density at radius 2 is 1.69 bits per heavy atom. The zero-order valence-corrected chi connectivity index (χ0v) is 8.88. The summed E-state index contributed by atoms with van der Waals surface area (Å²) in [6, 6.07) is -0.325. The zero-order chi connectivity index (χ0) is 10.1. The van der Waals surface area contributed by atoms with Gasteiger partial charge in [-0.3, -0.25) is 0 Å². The van der Waals surface area contributed by atoms with Crippen molar-refractivity contribution in [2.24, 2.45) is 5.73 Å². The normalized spacial score (nSPS) is 10.0. The molecule has 0 spiro atoms. The van der Waals surface area contributed by atoms with Gasteiger partial charge in [-0.1, -0.05) is 39.0 Å². The highest BCUT2D eigenvalue weighted by atomic mass is 16.2. The Morgan fingerprint density at radius 3 is 2.23 bits per heavy atom. The van der Waals surface area contributed by atoms with Gasteiger partial charge >= 0.3 is 6.03 Å². The summed E-state index contributed by atoms with van der Waals surface area (Å²) >= 11 is 0. The summed E-state index contributed by atoms with van der Waals surface area (Å²) < 4.78 is 0. The van der Waals surface area contributed by atoms with E-state index in [0.29, 0.717) is 0 Å². The van der Waals surface area contributed by atoms with Gasteiger partial charge in [-0.15, -0.1) is 0 Å². The SMILES string of the molecule is CCCCCCCCN(C)C(N)=O. The summed E-state index contributed by atoms with van der Waals surface area (Å²) in [6.45, 7) is 3.00. The average molecular weight is 186 g/mol. The maximum absolute atomic E-state index is 10.6. The lowest BCUT2D eigenvalue weighted by molar-refractivity contribution is 0.217. The molecule has 0 saturated heterocycles. The topological polar surface area (TPSA) is 46.3 Å². The molecule has 0 heterocycles. The van der Waals surface area contributed by atoms with Crippen LogP contribution >= 0.6 is 0 Å². The van der Waals surface area contributed by atoms with Crippen molar-refractivity contribution in [3.8, 4) is 0 Å². The fourth-order valence-corrected chi connectivity index (χ4v) is 1.24. The lowest BCUT2D eigenvalue weighted by Gasteiger charge is -2.13. The van der Waals surface area contributed by atoms with Crippen LogP contribution in [0.5, 0.6) is 0 Å². The number of hydrogen-bond acceptors (Lipinski definition) is 1. The third-order valence-corrected chi connectivity index (χ3v) is 2.22. The van der Waals surface area contributed by atoms with Crippen molar-refractivity contribution in [1.82, 2.24) is 4.90 Å². The van der Waals surface area contributed by atoms with Crippen molar-refractivity contribution >= 4 is 6.03 Å². The summed E-state index contributed by atoms with van der Waals surface area (Å²) in [7, 11) is 1.74. The highest BCUT2D eigenvalue weighted by molar-refractivity contribution is 5.71. The van der Waals surface area contributed by atoms with Crippen molar-refractivity contribution in [2.75, 3.05) is 13.6 Å². The minimum Gasteiger partial charge on any atom is -0.351 e. The van der Waals surface area contributed by atoms with Gasteiger partial charge in [0.2, 0.25) is 0 Å². The summed E-state index contributed by atoms with van der Waals surface area (Å²) in [5.74, 6) is 0. The van der Waals surface area contributed by atoms with Crippen LogP contribution in [0.1, 0.15) is 45.4 Å². The number of nitrogens with zero attached hydrogens (tertiary/aromatic N) is 1. The number of rotatable bonds is 7. The van der Waals surface area contributed by atoms with E-state index in [9.17, 15) is 4.79 Å². The Morgan fingerprint density at radius 1 is 1.15 bits per heavy atom. The fraction of sp³-hybridized carbons (Fsp3) is 0.900. The monoisotopic (exact) mass is 186 g/mol. The lowest BCUT2D eigenvalue weighted by Crippen LogP contribution is -2.32. The number of unbranched alkanes of at least 4 members (excludes halogenated alkanes) is 5. The van der Waals surface area contributed by atoms with Gasteiger partial charge in [-0.25, -0.2) is 4.79 Å². The van der Waals surface area contributed by atoms with Crippen LogP contribution in [0.15, 0.2) is 0 Å². The van der Waals surface area contributed by atoms with Gasteiger partial charge < -0.3 is 10.6 Å².